The van der Waals surface area contributed by atoms with E-state index in [-0.39, 0.29) is 22.0 Å². The molecule has 0 amide bonds. The van der Waals surface area contributed by atoms with Crippen LogP contribution in [0.25, 0.3) is 17.0 Å². The lowest BCUT2D eigenvalue weighted by atomic mass is 10.0. The van der Waals surface area contributed by atoms with Crippen LogP contribution < -0.4 is 9.80 Å². The summed E-state index contributed by atoms with van der Waals surface area (Å²) in [5, 5.41) is 15.1. The number of halogens is 2. The van der Waals surface area contributed by atoms with Crippen LogP contribution in [0.5, 0.6) is 0 Å². The lowest BCUT2D eigenvalue weighted by Gasteiger charge is -2.26. The van der Waals surface area contributed by atoms with Gasteiger partial charge in [0.2, 0.25) is 0 Å². The van der Waals surface area contributed by atoms with E-state index in [1.165, 1.54) is 6.07 Å². The fourth-order valence-electron chi connectivity index (χ4n) is 5.00. The van der Waals surface area contributed by atoms with Crippen molar-refractivity contribution < 1.29 is 9.50 Å². The van der Waals surface area contributed by atoms with Gasteiger partial charge in [0.25, 0.3) is 0 Å². The van der Waals surface area contributed by atoms with Gasteiger partial charge < -0.3 is 14.9 Å². The van der Waals surface area contributed by atoms with Crippen molar-refractivity contribution in [2.75, 3.05) is 22.9 Å². The Kier molecular flexibility index (Phi) is 5.60. The van der Waals surface area contributed by atoms with E-state index < -0.39 is 0 Å². The Labute approximate surface area is 210 Å². The van der Waals surface area contributed by atoms with Crippen LogP contribution in [0.4, 0.5) is 16.0 Å². The second-order valence-electron chi connectivity index (χ2n) is 8.81. The van der Waals surface area contributed by atoms with Crippen LogP contribution in [-0.4, -0.2) is 47.9 Å². The maximum atomic E-state index is 13.9. The summed E-state index contributed by atoms with van der Waals surface area (Å²) in [6.07, 6.45) is 4.18. The Morgan fingerprint density at radius 1 is 0.971 bits per heavy atom. The van der Waals surface area contributed by atoms with E-state index in [1.807, 2.05) is 40.9 Å². The highest BCUT2D eigenvalue weighted by atomic mass is 127. The molecule has 2 aliphatic rings. The topological polar surface area (TPSA) is 69.8 Å². The number of imidazole rings is 1. The first-order valence-electron chi connectivity index (χ1n) is 11.5. The summed E-state index contributed by atoms with van der Waals surface area (Å²) in [5.41, 5.74) is 3.31. The number of rotatable bonds is 4. The zero-order valence-corrected chi connectivity index (χ0v) is 20.6. The second kappa shape index (κ2) is 8.77. The highest BCUT2D eigenvalue weighted by Crippen LogP contribution is 2.36. The van der Waals surface area contributed by atoms with Crippen molar-refractivity contribution in [3.8, 4) is 11.4 Å². The summed E-state index contributed by atoms with van der Waals surface area (Å²) >= 11 is 2.27. The van der Waals surface area contributed by atoms with E-state index in [4.69, 9.17) is 10.1 Å². The Morgan fingerprint density at radius 3 is 2.68 bits per heavy atom. The Morgan fingerprint density at radius 2 is 1.85 bits per heavy atom. The molecule has 0 aliphatic carbocycles. The lowest BCUT2D eigenvalue weighted by Crippen LogP contribution is -2.30. The van der Waals surface area contributed by atoms with E-state index in [2.05, 4.69) is 37.4 Å². The second-order valence-corrected chi connectivity index (χ2v) is 10.1. The molecule has 174 valence electrons. The molecule has 3 atom stereocenters. The summed E-state index contributed by atoms with van der Waals surface area (Å²) in [5.74, 6) is 1.46. The molecule has 6 rings (SSSR count). The number of aliphatic hydroxyl groups excluding tert-OH is 1. The van der Waals surface area contributed by atoms with Gasteiger partial charge in [-0.3, -0.25) is 0 Å². The Balaban J connectivity index is 1.36. The van der Waals surface area contributed by atoms with E-state index >= 15 is 0 Å². The van der Waals surface area contributed by atoms with Crippen LogP contribution in [-0.2, 0) is 0 Å². The van der Waals surface area contributed by atoms with E-state index in [1.54, 1.807) is 18.3 Å². The molecule has 5 heterocycles. The Bertz CT molecular complexity index is 1350. The summed E-state index contributed by atoms with van der Waals surface area (Å²) in [6, 6.07) is 16.8. The van der Waals surface area contributed by atoms with Crippen molar-refractivity contribution in [1.29, 1.82) is 0 Å². The summed E-state index contributed by atoms with van der Waals surface area (Å²) in [7, 11) is 0. The standard InChI is InChI=1S/C25H24FIN6O/c26-17-5-1-4-16(14-17)19-7-3-12-31(19)24-10-9-22-28-15-20(33(22)30-24)18-6-2-8-23(29-18)32-13-11-21(34)25(32)27/h1-2,4-6,8-10,14-15,19,21,25,34H,3,7,11-13H2/t19?,21-,25?/m1/s1. The van der Waals surface area contributed by atoms with Gasteiger partial charge in [-0.15, -0.1) is 5.10 Å². The predicted octanol–water partition coefficient (Wildman–Crippen LogP) is 4.60. The van der Waals surface area contributed by atoms with Gasteiger partial charge in [-0.1, -0.05) is 40.8 Å². The van der Waals surface area contributed by atoms with Gasteiger partial charge in [0.15, 0.2) is 5.65 Å². The molecule has 9 heteroatoms. The zero-order valence-electron chi connectivity index (χ0n) is 18.4. The van der Waals surface area contributed by atoms with Gasteiger partial charge in [-0.2, -0.15) is 0 Å². The number of benzene rings is 1. The molecular weight excluding hydrogens is 546 g/mol. The molecule has 0 spiro atoms. The normalized spacial score (nSPS) is 22.7. The third kappa shape index (κ3) is 3.80. The average molecular weight is 570 g/mol. The minimum absolute atomic E-state index is 0.00202. The molecular formula is C25H24FIN6O. The molecule has 2 saturated heterocycles. The number of hydrogen-bond acceptors (Lipinski definition) is 6. The van der Waals surface area contributed by atoms with E-state index in [0.29, 0.717) is 0 Å². The Hall–Kier alpha value is -2.79. The van der Waals surface area contributed by atoms with E-state index in [9.17, 15) is 9.50 Å². The fraction of sp³-hybridized carbons (Fsp3) is 0.320. The van der Waals surface area contributed by atoms with Crippen LogP contribution in [0.1, 0.15) is 30.9 Å². The maximum Gasteiger partial charge on any atom is 0.154 e. The van der Waals surface area contributed by atoms with Gasteiger partial charge in [-0.05, 0) is 61.2 Å². The molecule has 2 aliphatic heterocycles. The van der Waals surface area contributed by atoms with Gasteiger partial charge in [0, 0.05) is 13.1 Å². The zero-order chi connectivity index (χ0) is 23.2. The van der Waals surface area contributed by atoms with Crippen molar-refractivity contribution in [1.82, 2.24) is 19.6 Å². The number of pyridine rings is 1. The number of hydrogen-bond donors (Lipinski definition) is 1. The molecule has 1 aromatic carbocycles. The minimum atomic E-state index is -0.349. The first-order chi connectivity index (χ1) is 16.6. The van der Waals surface area contributed by atoms with Crippen LogP contribution >= 0.6 is 22.6 Å². The highest BCUT2D eigenvalue weighted by molar-refractivity contribution is 14.1. The van der Waals surface area contributed by atoms with Crippen LogP contribution in [0.3, 0.4) is 0 Å². The molecule has 0 saturated carbocycles. The largest absolute Gasteiger partial charge is 0.390 e. The molecule has 34 heavy (non-hydrogen) atoms. The highest BCUT2D eigenvalue weighted by Gasteiger charge is 2.32. The average Bonchev–Trinajstić information content (AvgIpc) is 3.58. The van der Waals surface area contributed by atoms with Crippen LogP contribution in [0, 0.1) is 5.82 Å². The predicted molar refractivity (Wildman–Crippen MR) is 138 cm³/mol. The monoisotopic (exact) mass is 570 g/mol. The molecule has 2 unspecified atom stereocenters. The van der Waals surface area contributed by atoms with Crippen molar-refractivity contribution in [3.63, 3.8) is 0 Å². The SMILES string of the molecule is O[C@@H]1CCN(c2cccc(-c3cnc4ccc(N5CCCC5c5cccc(F)c5)nn34)n2)C1I. The maximum absolute atomic E-state index is 13.9. The molecule has 7 nitrogen and oxygen atoms in total. The number of alkyl halides is 1. The van der Waals surface area contributed by atoms with Crippen LogP contribution in [0.15, 0.2) is 60.8 Å². The first-order valence-corrected chi connectivity index (χ1v) is 12.8. The smallest absolute Gasteiger partial charge is 0.154 e. The number of nitrogens with zero attached hydrogens (tertiary/aromatic N) is 6. The lowest BCUT2D eigenvalue weighted by molar-refractivity contribution is 0.193. The molecule has 4 aromatic rings. The quantitative estimate of drug-likeness (QED) is 0.220. The van der Waals surface area contributed by atoms with Gasteiger partial charge in [0.1, 0.15) is 27.2 Å². The third-order valence-electron chi connectivity index (χ3n) is 6.70. The third-order valence-corrected chi connectivity index (χ3v) is 8.20. The number of aromatic nitrogens is 4. The van der Waals surface area contributed by atoms with Crippen molar-refractivity contribution >= 4 is 39.9 Å². The van der Waals surface area contributed by atoms with Gasteiger partial charge in [0.05, 0.1) is 24.0 Å². The van der Waals surface area contributed by atoms with Crippen molar-refractivity contribution in [2.45, 2.75) is 35.5 Å². The molecule has 3 aromatic heterocycles. The number of aliphatic hydroxyl groups is 1. The molecule has 0 bridgehead atoms. The first kappa shape index (κ1) is 21.7. The van der Waals surface area contributed by atoms with Crippen molar-refractivity contribution in [2.24, 2.45) is 0 Å². The van der Waals surface area contributed by atoms with Crippen molar-refractivity contribution in [3.05, 3.63) is 72.2 Å². The van der Waals surface area contributed by atoms with Gasteiger partial charge in [-0.25, -0.2) is 18.9 Å². The summed E-state index contributed by atoms with van der Waals surface area (Å²) in [4.78, 5) is 13.8. The molecule has 0 radical (unpaired) electrons. The van der Waals surface area contributed by atoms with E-state index in [0.717, 1.165) is 66.6 Å². The summed E-state index contributed by atoms with van der Waals surface area (Å²) < 4.78 is 15.7. The minimum Gasteiger partial charge on any atom is -0.390 e. The molecule has 1 N–H and O–H groups in total. The molecule has 2 fully saturated rings. The number of anilines is 2. The van der Waals surface area contributed by atoms with Crippen LogP contribution in [0.2, 0.25) is 0 Å². The van der Waals surface area contributed by atoms with Gasteiger partial charge >= 0.3 is 0 Å². The fourth-order valence-corrected chi connectivity index (χ4v) is 5.92. The number of fused-ring (bicyclic) bond motifs is 1. The summed E-state index contributed by atoms with van der Waals surface area (Å²) in [6.45, 7) is 1.64.